The van der Waals surface area contributed by atoms with Gasteiger partial charge in [0.25, 0.3) is 5.91 Å². The number of alkyl halides is 3. The predicted molar refractivity (Wildman–Crippen MR) is 97.3 cm³/mol. The SMILES string of the molecule is CC(Oc1ccccc1)C(=O)NC(=S)Nc1cc(C(F)(F)F)ccc1Cl. The molecule has 1 unspecified atom stereocenters. The molecule has 9 heteroatoms. The molecular weight excluding hydrogens is 389 g/mol. The maximum absolute atomic E-state index is 12.8. The molecule has 26 heavy (non-hydrogen) atoms. The van der Waals surface area contributed by atoms with E-state index in [2.05, 4.69) is 10.6 Å². The summed E-state index contributed by atoms with van der Waals surface area (Å²) >= 11 is 10.8. The molecule has 0 radical (unpaired) electrons. The van der Waals surface area contributed by atoms with E-state index in [1.54, 1.807) is 30.3 Å². The van der Waals surface area contributed by atoms with Gasteiger partial charge in [0.2, 0.25) is 0 Å². The second kappa shape index (κ2) is 8.37. The zero-order valence-corrected chi connectivity index (χ0v) is 15.0. The average Bonchev–Trinajstić information content (AvgIpc) is 2.56. The first kappa shape index (κ1) is 20.0. The molecule has 1 atom stereocenters. The lowest BCUT2D eigenvalue weighted by atomic mass is 10.2. The standard InChI is InChI=1S/C17H14ClF3N2O2S/c1-10(25-12-5-3-2-4-6-12)15(24)23-16(26)22-14-9-11(17(19,20)21)7-8-13(14)18/h2-10H,1H3,(H2,22,23,24,26). The Labute approximate surface area is 158 Å². The van der Waals surface area contributed by atoms with Gasteiger partial charge in [0.1, 0.15) is 5.75 Å². The average molecular weight is 403 g/mol. The number of halogens is 4. The summed E-state index contributed by atoms with van der Waals surface area (Å²) in [6.45, 7) is 1.52. The first-order chi connectivity index (χ1) is 12.2. The van der Waals surface area contributed by atoms with Crippen LogP contribution < -0.4 is 15.4 Å². The number of carbonyl (C=O) groups excluding carboxylic acids is 1. The third-order valence-corrected chi connectivity index (χ3v) is 3.74. The largest absolute Gasteiger partial charge is 0.481 e. The van der Waals surface area contributed by atoms with Gasteiger partial charge in [-0.15, -0.1) is 0 Å². The van der Waals surface area contributed by atoms with Crippen LogP contribution in [0.2, 0.25) is 5.02 Å². The van der Waals surface area contributed by atoms with Gasteiger partial charge in [-0.1, -0.05) is 29.8 Å². The first-order valence-corrected chi connectivity index (χ1v) is 8.15. The van der Waals surface area contributed by atoms with Crippen molar-refractivity contribution in [1.29, 1.82) is 0 Å². The fourth-order valence-corrected chi connectivity index (χ4v) is 2.30. The van der Waals surface area contributed by atoms with Crippen molar-refractivity contribution in [3.05, 3.63) is 59.1 Å². The van der Waals surface area contributed by atoms with Crippen molar-refractivity contribution in [3.63, 3.8) is 0 Å². The van der Waals surface area contributed by atoms with Crippen LogP contribution in [0.4, 0.5) is 18.9 Å². The second-order valence-corrected chi connectivity index (χ2v) is 6.02. The Morgan fingerprint density at radius 3 is 2.46 bits per heavy atom. The molecule has 1 amide bonds. The lowest BCUT2D eigenvalue weighted by Gasteiger charge is -2.17. The maximum atomic E-state index is 12.8. The fraction of sp³-hybridized carbons (Fsp3) is 0.176. The van der Waals surface area contributed by atoms with Gasteiger partial charge in [0.05, 0.1) is 16.3 Å². The van der Waals surface area contributed by atoms with Crippen LogP contribution in [0.25, 0.3) is 0 Å². The lowest BCUT2D eigenvalue weighted by molar-refractivity contribution is -0.137. The summed E-state index contributed by atoms with van der Waals surface area (Å²) < 4.78 is 43.8. The number of hydrogen-bond donors (Lipinski definition) is 2. The smallest absolute Gasteiger partial charge is 0.416 e. The van der Waals surface area contributed by atoms with E-state index in [-0.39, 0.29) is 15.8 Å². The number of ether oxygens (including phenoxy) is 1. The summed E-state index contributed by atoms with van der Waals surface area (Å²) in [6.07, 6.45) is -5.39. The summed E-state index contributed by atoms with van der Waals surface area (Å²) in [4.78, 5) is 12.1. The summed E-state index contributed by atoms with van der Waals surface area (Å²) in [7, 11) is 0. The van der Waals surface area contributed by atoms with Crippen LogP contribution in [-0.4, -0.2) is 17.1 Å². The van der Waals surface area contributed by atoms with E-state index in [0.717, 1.165) is 18.2 Å². The Kier molecular flexibility index (Phi) is 6.44. The number of amides is 1. The zero-order valence-electron chi connectivity index (χ0n) is 13.4. The van der Waals surface area contributed by atoms with E-state index >= 15 is 0 Å². The van der Waals surface area contributed by atoms with Gasteiger partial charge >= 0.3 is 6.18 Å². The van der Waals surface area contributed by atoms with Crippen molar-refractivity contribution in [2.75, 3.05) is 5.32 Å². The molecule has 0 spiro atoms. The number of para-hydroxylation sites is 1. The second-order valence-electron chi connectivity index (χ2n) is 5.21. The molecule has 0 fully saturated rings. The highest BCUT2D eigenvalue weighted by molar-refractivity contribution is 7.80. The van der Waals surface area contributed by atoms with Crippen molar-refractivity contribution in [2.24, 2.45) is 0 Å². The molecule has 2 rings (SSSR count). The lowest BCUT2D eigenvalue weighted by Crippen LogP contribution is -2.42. The molecule has 2 aromatic rings. The highest BCUT2D eigenvalue weighted by Crippen LogP contribution is 2.33. The molecule has 138 valence electrons. The quantitative estimate of drug-likeness (QED) is 0.731. The van der Waals surface area contributed by atoms with Crippen molar-refractivity contribution in [1.82, 2.24) is 5.32 Å². The van der Waals surface area contributed by atoms with E-state index in [1.165, 1.54) is 6.92 Å². The van der Waals surface area contributed by atoms with Crippen LogP contribution in [0.5, 0.6) is 5.75 Å². The Balaban J connectivity index is 1.99. The summed E-state index contributed by atoms with van der Waals surface area (Å²) in [5.41, 5.74) is -0.956. The first-order valence-electron chi connectivity index (χ1n) is 7.37. The van der Waals surface area contributed by atoms with Gasteiger partial charge in [0.15, 0.2) is 11.2 Å². The zero-order chi connectivity index (χ0) is 19.3. The fourth-order valence-electron chi connectivity index (χ4n) is 1.92. The molecule has 0 aliphatic rings. The van der Waals surface area contributed by atoms with Gasteiger partial charge in [-0.25, -0.2) is 0 Å². The molecule has 0 aromatic heterocycles. The number of hydrogen-bond acceptors (Lipinski definition) is 3. The van der Waals surface area contributed by atoms with E-state index in [9.17, 15) is 18.0 Å². The number of carbonyl (C=O) groups is 1. The van der Waals surface area contributed by atoms with E-state index in [0.29, 0.717) is 5.75 Å². The van der Waals surface area contributed by atoms with Gasteiger partial charge in [-0.2, -0.15) is 13.2 Å². The van der Waals surface area contributed by atoms with Gasteiger partial charge < -0.3 is 10.1 Å². The third-order valence-electron chi connectivity index (χ3n) is 3.20. The molecular formula is C17H14ClF3N2O2S. The van der Waals surface area contributed by atoms with Crippen molar-refractivity contribution in [2.45, 2.75) is 19.2 Å². The molecule has 0 aliphatic carbocycles. The van der Waals surface area contributed by atoms with Gasteiger partial charge in [0, 0.05) is 0 Å². The summed E-state index contributed by atoms with van der Waals surface area (Å²) in [6, 6.07) is 11.4. The van der Waals surface area contributed by atoms with E-state index < -0.39 is 23.8 Å². The van der Waals surface area contributed by atoms with E-state index in [1.807, 2.05) is 0 Å². The third kappa shape index (κ3) is 5.60. The van der Waals surface area contributed by atoms with Crippen LogP contribution in [0.3, 0.4) is 0 Å². The Morgan fingerprint density at radius 1 is 1.19 bits per heavy atom. The van der Waals surface area contributed by atoms with Gasteiger partial charge in [-0.05, 0) is 49.5 Å². The summed E-state index contributed by atoms with van der Waals surface area (Å²) in [5.74, 6) is -0.0654. The predicted octanol–water partition coefficient (Wildman–Crippen LogP) is 4.64. The van der Waals surface area contributed by atoms with E-state index in [4.69, 9.17) is 28.6 Å². The topological polar surface area (TPSA) is 50.4 Å². The van der Waals surface area contributed by atoms with Crippen LogP contribution in [0.15, 0.2) is 48.5 Å². The minimum absolute atomic E-state index is 0.0307. The Morgan fingerprint density at radius 2 is 1.85 bits per heavy atom. The van der Waals surface area contributed by atoms with Gasteiger partial charge in [-0.3, -0.25) is 10.1 Å². The van der Waals surface area contributed by atoms with Crippen molar-refractivity contribution >= 4 is 40.5 Å². The maximum Gasteiger partial charge on any atom is 0.416 e. The number of anilines is 1. The molecule has 0 saturated carbocycles. The number of nitrogens with one attached hydrogen (secondary N) is 2. The van der Waals surface area contributed by atoms with Crippen LogP contribution in [-0.2, 0) is 11.0 Å². The molecule has 2 N–H and O–H groups in total. The molecule has 4 nitrogen and oxygen atoms in total. The highest BCUT2D eigenvalue weighted by atomic mass is 35.5. The Hall–Kier alpha value is -2.32. The monoisotopic (exact) mass is 402 g/mol. The summed E-state index contributed by atoms with van der Waals surface area (Å²) in [5, 5.41) is 4.67. The van der Waals surface area contributed by atoms with Crippen LogP contribution in [0, 0.1) is 0 Å². The number of rotatable bonds is 4. The Bertz CT molecular complexity index is 800. The molecule has 0 heterocycles. The van der Waals surface area contributed by atoms with Crippen molar-refractivity contribution in [3.8, 4) is 5.75 Å². The van der Waals surface area contributed by atoms with Crippen LogP contribution in [0.1, 0.15) is 12.5 Å². The normalized spacial score (nSPS) is 12.2. The minimum Gasteiger partial charge on any atom is -0.481 e. The molecule has 0 bridgehead atoms. The minimum atomic E-state index is -4.52. The van der Waals surface area contributed by atoms with Crippen molar-refractivity contribution < 1.29 is 22.7 Å². The molecule has 0 aliphatic heterocycles. The molecule has 0 saturated heterocycles. The van der Waals surface area contributed by atoms with Crippen LogP contribution >= 0.6 is 23.8 Å². The number of thiocarbonyl (C=S) groups is 1. The highest BCUT2D eigenvalue weighted by Gasteiger charge is 2.31. The number of benzene rings is 2. The molecule has 2 aromatic carbocycles.